The zero-order valence-corrected chi connectivity index (χ0v) is 14.4. The van der Waals surface area contributed by atoms with Gasteiger partial charge in [-0.25, -0.2) is 9.37 Å². The van der Waals surface area contributed by atoms with Crippen molar-refractivity contribution in [2.75, 3.05) is 11.1 Å². The van der Waals surface area contributed by atoms with Crippen LogP contribution in [0.2, 0.25) is 0 Å². The minimum atomic E-state index is -4.49. The normalized spacial score (nSPS) is 11.4. The van der Waals surface area contributed by atoms with Crippen LogP contribution in [-0.4, -0.2) is 26.8 Å². The molecule has 0 saturated heterocycles. The summed E-state index contributed by atoms with van der Waals surface area (Å²) in [6.07, 6.45) is -4.49. The molecule has 1 amide bonds. The van der Waals surface area contributed by atoms with Gasteiger partial charge in [-0.1, -0.05) is 30.0 Å². The maximum Gasteiger partial charge on any atom is 0.416 e. The standard InChI is InChI=1S/C17H12F4N4OS/c18-13-7-2-1-6-12(13)15-23-16(25-24-15)27-9-14(26)22-11-5-3-4-10(8-11)17(19,20)21/h1-8H,9H2,(H,22,26)(H,23,24,25). The number of amides is 1. The molecule has 0 spiro atoms. The van der Waals surface area contributed by atoms with E-state index in [-0.39, 0.29) is 28.0 Å². The Labute approximate surface area is 155 Å². The number of nitrogens with zero attached hydrogens (tertiary/aromatic N) is 2. The Kier molecular flexibility index (Phi) is 5.45. The average Bonchev–Trinajstić information content (AvgIpc) is 3.09. The van der Waals surface area contributed by atoms with E-state index < -0.39 is 23.5 Å². The fourth-order valence-corrected chi connectivity index (χ4v) is 2.78. The summed E-state index contributed by atoms with van der Waals surface area (Å²) in [6, 6.07) is 10.4. The molecule has 0 unspecified atom stereocenters. The third-order valence-electron chi connectivity index (χ3n) is 3.40. The van der Waals surface area contributed by atoms with Crippen molar-refractivity contribution in [3.05, 3.63) is 59.9 Å². The molecule has 3 aromatic rings. The van der Waals surface area contributed by atoms with E-state index in [1.54, 1.807) is 12.1 Å². The number of alkyl halides is 3. The van der Waals surface area contributed by atoms with E-state index in [9.17, 15) is 22.4 Å². The summed E-state index contributed by atoms with van der Waals surface area (Å²) in [6.45, 7) is 0. The number of halogens is 4. The number of aromatic amines is 1. The van der Waals surface area contributed by atoms with Crippen LogP contribution in [0.15, 0.2) is 53.7 Å². The molecule has 3 rings (SSSR count). The lowest BCUT2D eigenvalue weighted by Gasteiger charge is -2.09. The molecule has 0 bridgehead atoms. The van der Waals surface area contributed by atoms with Crippen LogP contribution >= 0.6 is 11.8 Å². The molecule has 2 aromatic carbocycles. The van der Waals surface area contributed by atoms with Crippen molar-refractivity contribution in [3.63, 3.8) is 0 Å². The Morgan fingerprint density at radius 3 is 2.67 bits per heavy atom. The van der Waals surface area contributed by atoms with Gasteiger partial charge in [-0.05, 0) is 30.3 Å². The molecular weight excluding hydrogens is 384 g/mol. The first-order valence-electron chi connectivity index (χ1n) is 7.60. The quantitative estimate of drug-likeness (QED) is 0.497. The summed E-state index contributed by atoms with van der Waals surface area (Å²) in [4.78, 5) is 16.0. The van der Waals surface area contributed by atoms with Crippen molar-refractivity contribution >= 4 is 23.4 Å². The van der Waals surface area contributed by atoms with Gasteiger partial charge in [0, 0.05) is 5.69 Å². The molecule has 0 saturated carbocycles. The summed E-state index contributed by atoms with van der Waals surface area (Å²) in [7, 11) is 0. The van der Waals surface area contributed by atoms with E-state index in [0.717, 1.165) is 23.9 Å². The van der Waals surface area contributed by atoms with E-state index in [4.69, 9.17) is 0 Å². The molecule has 0 aliphatic heterocycles. The first kappa shape index (κ1) is 18.9. The molecule has 0 atom stereocenters. The molecular formula is C17H12F4N4OS. The van der Waals surface area contributed by atoms with Crippen LogP contribution in [0.25, 0.3) is 11.4 Å². The number of nitrogens with one attached hydrogen (secondary N) is 2. The van der Waals surface area contributed by atoms with Crippen LogP contribution in [-0.2, 0) is 11.0 Å². The third kappa shape index (κ3) is 4.85. The number of carbonyl (C=O) groups excluding carboxylic acids is 1. The minimum absolute atomic E-state index is 0.0393. The molecule has 1 aromatic heterocycles. The van der Waals surface area contributed by atoms with Crippen LogP contribution in [0.4, 0.5) is 23.2 Å². The largest absolute Gasteiger partial charge is 0.416 e. The average molecular weight is 396 g/mol. The predicted molar refractivity (Wildman–Crippen MR) is 92.6 cm³/mol. The highest BCUT2D eigenvalue weighted by atomic mass is 32.2. The van der Waals surface area contributed by atoms with Gasteiger partial charge in [0.05, 0.1) is 16.9 Å². The van der Waals surface area contributed by atoms with Crippen LogP contribution in [0.3, 0.4) is 0 Å². The van der Waals surface area contributed by atoms with Gasteiger partial charge in [-0.2, -0.15) is 13.2 Å². The van der Waals surface area contributed by atoms with E-state index >= 15 is 0 Å². The molecule has 140 valence electrons. The molecule has 1 heterocycles. The second-order valence-corrected chi connectivity index (χ2v) is 6.30. The molecule has 10 heteroatoms. The van der Waals surface area contributed by atoms with Crippen molar-refractivity contribution in [1.29, 1.82) is 0 Å². The zero-order valence-electron chi connectivity index (χ0n) is 13.5. The highest BCUT2D eigenvalue weighted by Gasteiger charge is 2.30. The maximum atomic E-state index is 13.7. The summed E-state index contributed by atoms with van der Waals surface area (Å²) in [5.74, 6) is -0.886. The summed E-state index contributed by atoms with van der Waals surface area (Å²) in [5.41, 5.74) is -0.570. The Balaban J connectivity index is 1.60. The van der Waals surface area contributed by atoms with Gasteiger partial charge in [-0.3, -0.25) is 9.89 Å². The second-order valence-electron chi connectivity index (χ2n) is 5.36. The molecule has 0 aliphatic carbocycles. The summed E-state index contributed by atoms with van der Waals surface area (Å²) < 4.78 is 51.8. The Hall–Kier alpha value is -2.88. The lowest BCUT2D eigenvalue weighted by atomic mass is 10.2. The molecule has 5 nitrogen and oxygen atoms in total. The number of thioether (sulfide) groups is 1. The lowest BCUT2D eigenvalue weighted by molar-refractivity contribution is -0.137. The van der Waals surface area contributed by atoms with Gasteiger partial charge >= 0.3 is 6.18 Å². The van der Waals surface area contributed by atoms with Crippen molar-refractivity contribution in [1.82, 2.24) is 15.2 Å². The van der Waals surface area contributed by atoms with Crippen LogP contribution in [0.5, 0.6) is 0 Å². The monoisotopic (exact) mass is 396 g/mol. The Morgan fingerprint density at radius 1 is 1.15 bits per heavy atom. The number of hydrogen-bond donors (Lipinski definition) is 2. The minimum Gasteiger partial charge on any atom is -0.325 e. The third-order valence-corrected chi connectivity index (χ3v) is 4.25. The molecule has 0 radical (unpaired) electrons. The van der Waals surface area contributed by atoms with Gasteiger partial charge in [-0.15, -0.1) is 5.10 Å². The fourth-order valence-electron chi connectivity index (χ4n) is 2.19. The number of aromatic nitrogens is 3. The van der Waals surface area contributed by atoms with Gasteiger partial charge in [0.1, 0.15) is 5.82 Å². The number of benzene rings is 2. The Morgan fingerprint density at radius 2 is 1.93 bits per heavy atom. The molecule has 2 N–H and O–H groups in total. The topological polar surface area (TPSA) is 70.7 Å². The summed E-state index contributed by atoms with van der Waals surface area (Å²) >= 11 is 0.969. The van der Waals surface area contributed by atoms with Crippen molar-refractivity contribution in [3.8, 4) is 11.4 Å². The van der Waals surface area contributed by atoms with Crippen molar-refractivity contribution in [2.45, 2.75) is 11.3 Å². The number of H-pyrrole nitrogens is 1. The van der Waals surface area contributed by atoms with Gasteiger partial charge in [0.2, 0.25) is 11.1 Å². The number of rotatable bonds is 5. The highest BCUT2D eigenvalue weighted by molar-refractivity contribution is 7.99. The molecule has 0 fully saturated rings. The smallest absolute Gasteiger partial charge is 0.325 e. The molecule has 27 heavy (non-hydrogen) atoms. The van der Waals surface area contributed by atoms with Gasteiger partial charge in [0.15, 0.2) is 5.82 Å². The van der Waals surface area contributed by atoms with Crippen LogP contribution < -0.4 is 5.32 Å². The van der Waals surface area contributed by atoms with E-state index in [1.807, 2.05) is 0 Å². The molecule has 0 aliphatic rings. The van der Waals surface area contributed by atoms with Crippen molar-refractivity contribution < 1.29 is 22.4 Å². The van der Waals surface area contributed by atoms with E-state index in [0.29, 0.717) is 0 Å². The SMILES string of the molecule is O=C(CSc1n[nH]c(-c2ccccc2F)n1)Nc1cccc(C(F)(F)F)c1. The number of carbonyl (C=O) groups is 1. The fraction of sp³-hybridized carbons (Fsp3) is 0.118. The van der Waals surface area contributed by atoms with Crippen molar-refractivity contribution in [2.24, 2.45) is 0 Å². The Bertz CT molecular complexity index is 958. The maximum absolute atomic E-state index is 13.7. The van der Waals surface area contributed by atoms with Crippen LogP contribution in [0.1, 0.15) is 5.56 Å². The van der Waals surface area contributed by atoms with E-state index in [2.05, 4.69) is 20.5 Å². The zero-order chi connectivity index (χ0) is 19.4. The number of anilines is 1. The van der Waals surface area contributed by atoms with Crippen LogP contribution in [0, 0.1) is 5.82 Å². The second kappa shape index (κ2) is 7.78. The lowest BCUT2D eigenvalue weighted by Crippen LogP contribution is -2.15. The van der Waals surface area contributed by atoms with Gasteiger partial charge in [0.25, 0.3) is 0 Å². The van der Waals surface area contributed by atoms with Gasteiger partial charge < -0.3 is 5.32 Å². The first-order chi connectivity index (χ1) is 12.8. The highest BCUT2D eigenvalue weighted by Crippen LogP contribution is 2.30. The first-order valence-corrected chi connectivity index (χ1v) is 8.59. The summed E-state index contributed by atoms with van der Waals surface area (Å²) in [5, 5.41) is 9.07. The number of hydrogen-bond acceptors (Lipinski definition) is 4. The predicted octanol–water partition coefficient (Wildman–Crippen LogP) is 4.36. The van der Waals surface area contributed by atoms with E-state index in [1.165, 1.54) is 24.3 Å².